The third-order valence-corrected chi connectivity index (χ3v) is 6.10. The highest BCUT2D eigenvalue weighted by Gasteiger charge is 2.44. The fraction of sp³-hybridized carbons (Fsp3) is 0.852. The summed E-state index contributed by atoms with van der Waals surface area (Å²) in [5.74, 6) is 0. The molecule has 1 heterocycles. The molecule has 8 heteroatoms. The van der Waals surface area contributed by atoms with E-state index in [1.54, 1.807) is 0 Å². The van der Waals surface area contributed by atoms with Gasteiger partial charge in [-0.25, -0.2) is 0 Å². The Hall–Kier alpha value is -0.840. The van der Waals surface area contributed by atoms with Crippen LogP contribution in [-0.2, 0) is 14.2 Å². The predicted molar refractivity (Wildman–Crippen MR) is 136 cm³/mol. The lowest BCUT2D eigenvalue weighted by molar-refractivity contribution is -0.305. The average molecular weight is 503 g/mol. The van der Waals surface area contributed by atoms with Gasteiger partial charge >= 0.3 is 0 Å². The number of ether oxygens (including phenoxy) is 3. The smallest absolute Gasteiger partial charge is 0.186 e. The Balaban J connectivity index is 1.92. The first-order valence-corrected chi connectivity index (χ1v) is 13.5. The van der Waals surface area contributed by atoms with Crippen LogP contribution in [0.1, 0.15) is 84.0 Å². The fourth-order valence-corrected chi connectivity index (χ4v) is 3.87. The van der Waals surface area contributed by atoms with Crippen molar-refractivity contribution in [3.05, 3.63) is 24.3 Å². The molecule has 1 aliphatic rings. The monoisotopic (exact) mass is 502 g/mol. The van der Waals surface area contributed by atoms with Crippen LogP contribution in [0.25, 0.3) is 0 Å². The molecule has 0 amide bonds. The van der Waals surface area contributed by atoms with Crippen LogP contribution in [-0.4, -0.2) is 88.8 Å². The molecule has 0 aliphatic carbocycles. The van der Waals surface area contributed by atoms with Crippen molar-refractivity contribution in [2.24, 2.45) is 0 Å². The van der Waals surface area contributed by atoms with Crippen LogP contribution in [0, 0.1) is 0 Å². The lowest BCUT2D eigenvalue weighted by Gasteiger charge is -2.39. The lowest BCUT2D eigenvalue weighted by atomic mass is 9.99. The van der Waals surface area contributed by atoms with Crippen molar-refractivity contribution in [3.8, 4) is 0 Å². The number of rotatable bonds is 21. The number of hydrogen-bond donors (Lipinski definition) is 5. The fourth-order valence-electron chi connectivity index (χ4n) is 3.87. The molecule has 0 aromatic rings. The van der Waals surface area contributed by atoms with Gasteiger partial charge in [-0.3, -0.25) is 0 Å². The van der Waals surface area contributed by atoms with Crippen molar-refractivity contribution in [2.45, 2.75) is 121 Å². The van der Waals surface area contributed by atoms with Crippen LogP contribution in [0.15, 0.2) is 24.3 Å². The predicted octanol–water partition coefficient (Wildman–Crippen LogP) is 2.99. The van der Waals surface area contributed by atoms with E-state index in [9.17, 15) is 25.5 Å². The Labute approximate surface area is 211 Å². The Kier molecular flexibility index (Phi) is 19.6. The molecule has 1 fully saturated rings. The third kappa shape index (κ3) is 15.1. The highest BCUT2D eigenvalue weighted by atomic mass is 16.7. The molecule has 0 radical (unpaired) electrons. The summed E-state index contributed by atoms with van der Waals surface area (Å²) in [6.45, 7) is 2.20. The number of allylic oxidation sites excluding steroid dienone is 4. The van der Waals surface area contributed by atoms with Gasteiger partial charge < -0.3 is 39.7 Å². The minimum Gasteiger partial charge on any atom is -0.394 e. The van der Waals surface area contributed by atoms with E-state index in [2.05, 4.69) is 31.2 Å². The van der Waals surface area contributed by atoms with Gasteiger partial charge in [-0.1, -0.05) is 69.8 Å². The minimum atomic E-state index is -1.50. The summed E-state index contributed by atoms with van der Waals surface area (Å²) in [4.78, 5) is 0. The lowest BCUT2D eigenvalue weighted by Crippen LogP contribution is -2.59. The number of aliphatic hydroxyl groups is 5. The van der Waals surface area contributed by atoms with Crippen LogP contribution >= 0.6 is 0 Å². The quantitative estimate of drug-likeness (QED) is 0.120. The number of aliphatic hydroxyl groups excluding tert-OH is 5. The van der Waals surface area contributed by atoms with Crippen LogP contribution < -0.4 is 0 Å². The largest absolute Gasteiger partial charge is 0.394 e. The van der Waals surface area contributed by atoms with Gasteiger partial charge in [-0.05, 0) is 38.5 Å². The van der Waals surface area contributed by atoms with Crippen molar-refractivity contribution in [2.75, 3.05) is 26.4 Å². The van der Waals surface area contributed by atoms with Gasteiger partial charge in [-0.15, -0.1) is 0 Å². The zero-order chi connectivity index (χ0) is 25.7. The molecule has 1 aliphatic heterocycles. The second-order valence-electron chi connectivity index (χ2n) is 9.34. The summed E-state index contributed by atoms with van der Waals surface area (Å²) in [6, 6.07) is 0. The van der Waals surface area contributed by atoms with Gasteiger partial charge in [0.15, 0.2) is 6.29 Å². The molecule has 0 spiro atoms. The van der Waals surface area contributed by atoms with Crippen molar-refractivity contribution in [3.63, 3.8) is 0 Å². The summed E-state index contributed by atoms with van der Waals surface area (Å²) in [5, 5.41) is 48.6. The summed E-state index contributed by atoms with van der Waals surface area (Å²) in [7, 11) is 0. The van der Waals surface area contributed by atoms with E-state index in [-0.39, 0.29) is 13.2 Å². The Morgan fingerprint density at radius 2 is 1.40 bits per heavy atom. The Morgan fingerprint density at radius 1 is 0.771 bits per heavy atom. The first kappa shape index (κ1) is 32.2. The highest BCUT2D eigenvalue weighted by Crippen LogP contribution is 2.22. The van der Waals surface area contributed by atoms with Crippen molar-refractivity contribution < 1.29 is 39.7 Å². The average Bonchev–Trinajstić information content (AvgIpc) is 2.86. The second-order valence-corrected chi connectivity index (χ2v) is 9.34. The Bertz CT molecular complexity index is 539. The van der Waals surface area contributed by atoms with Crippen molar-refractivity contribution >= 4 is 0 Å². The molecular weight excluding hydrogens is 452 g/mol. The van der Waals surface area contributed by atoms with E-state index in [1.807, 2.05) is 0 Å². The summed E-state index contributed by atoms with van der Waals surface area (Å²) < 4.78 is 16.0. The molecule has 206 valence electrons. The van der Waals surface area contributed by atoms with Crippen LogP contribution in [0.2, 0.25) is 0 Å². The molecule has 0 saturated carbocycles. The maximum atomic E-state index is 9.98. The summed E-state index contributed by atoms with van der Waals surface area (Å²) >= 11 is 0. The van der Waals surface area contributed by atoms with E-state index in [0.717, 1.165) is 25.7 Å². The van der Waals surface area contributed by atoms with Gasteiger partial charge in [0.25, 0.3) is 0 Å². The molecular formula is C27H50O8. The molecule has 35 heavy (non-hydrogen) atoms. The molecule has 0 aromatic carbocycles. The number of unbranched alkanes of at least 4 members (excludes halogenated alkanes) is 9. The molecule has 0 bridgehead atoms. The third-order valence-electron chi connectivity index (χ3n) is 6.10. The molecule has 8 nitrogen and oxygen atoms in total. The first-order valence-electron chi connectivity index (χ1n) is 13.5. The molecule has 0 aromatic heterocycles. The summed E-state index contributed by atoms with van der Waals surface area (Å²) in [5.41, 5.74) is 0. The Morgan fingerprint density at radius 3 is 2.06 bits per heavy atom. The van der Waals surface area contributed by atoms with Crippen LogP contribution in [0.5, 0.6) is 0 Å². The zero-order valence-electron chi connectivity index (χ0n) is 21.5. The van der Waals surface area contributed by atoms with Gasteiger partial charge in [0.2, 0.25) is 0 Å². The summed E-state index contributed by atoms with van der Waals surface area (Å²) in [6.07, 6.45) is 15.7. The minimum absolute atomic E-state index is 0.0949. The van der Waals surface area contributed by atoms with Crippen LogP contribution in [0.3, 0.4) is 0 Å². The van der Waals surface area contributed by atoms with Gasteiger partial charge in [0.05, 0.1) is 19.8 Å². The van der Waals surface area contributed by atoms with E-state index >= 15 is 0 Å². The maximum Gasteiger partial charge on any atom is 0.186 e. The molecule has 1 saturated heterocycles. The number of hydrogen-bond acceptors (Lipinski definition) is 8. The van der Waals surface area contributed by atoms with Gasteiger partial charge in [0.1, 0.15) is 30.5 Å². The van der Waals surface area contributed by atoms with Crippen molar-refractivity contribution in [1.82, 2.24) is 0 Å². The molecule has 1 rings (SSSR count). The van der Waals surface area contributed by atoms with Gasteiger partial charge in [0, 0.05) is 6.61 Å². The van der Waals surface area contributed by atoms with E-state index in [4.69, 9.17) is 14.2 Å². The standard InChI is InChI=1S/C27H50O8/c1-2-3-4-5-6-7-8-9-10-11-12-13-14-15-16-17-18-33-20-22(29)21-34-27-26(32)25(31)24(30)23(19-28)35-27/h6-7,9-10,22-32H,2-5,8,11-21H2,1H3. The normalized spacial score (nSPS) is 26.2. The zero-order valence-corrected chi connectivity index (χ0v) is 21.5. The van der Waals surface area contributed by atoms with Gasteiger partial charge in [-0.2, -0.15) is 0 Å². The van der Waals surface area contributed by atoms with Crippen molar-refractivity contribution in [1.29, 1.82) is 0 Å². The highest BCUT2D eigenvalue weighted by molar-refractivity contribution is 4.92. The van der Waals surface area contributed by atoms with E-state index in [1.165, 1.54) is 51.4 Å². The van der Waals surface area contributed by atoms with E-state index in [0.29, 0.717) is 6.61 Å². The SMILES string of the molecule is CCCCCC=CCC=CCCCCCCCCOCC(O)COC1OC(CO)C(O)C(O)C1O. The molecule has 6 atom stereocenters. The molecule has 6 unspecified atom stereocenters. The molecule has 5 N–H and O–H groups in total. The topological polar surface area (TPSA) is 129 Å². The van der Waals surface area contributed by atoms with E-state index < -0.39 is 43.4 Å². The second kappa shape index (κ2) is 21.3. The first-order chi connectivity index (χ1) is 17.0. The maximum absolute atomic E-state index is 9.98. The van der Waals surface area contributed by atoms with Crippen LogP contribution in [0.4, 0.5) is 0 Å².